The van der Waals surface area contributed by atoms with E-state index >= 15 is 0 Å². The molecule has 0 saturated heterocycles. The van der Waals surface area contributed by atoms with Crippen LogP contribution >= 0.6 is 22.9 Å². The van der Waals surface area contributed by atoms with Crippen LogP contribution in [0.4, 0.5) is 5.13 Å². The first-order valence-corrected chi connectivity index (χ1v) is 10.4. The average molecular weight is 431 g/mol. The molecule has 0 radical (unpaired) electrons. The molecule has 1 amide bonds. The van der Waals surface area contributed by atoms with Crippen LogP contribution < -0.4 is 19.5 Å². The van der Waals surface area contributed by atoms with Gasteiger partial charge in [-0.25, -0.2) is 4.98 Å². The molecule has 0 unspecified atom stereocenters. The molecule has 8 heteroatoms. The van der Waals surface area contributed by atoms with E-state index in [0.29, 0.717) is 40.4 Å². The molecule has 0 spiro atoms. The van der Waals surface area contributed by atoms with Gasteiger partial charge >= 0.3 is 0 Å². The van der Waals surface area contributed by atoms with Gasteiger partial charge in [-0.3, -0.25) is 10.1 Å². The number of benzene rings is 2. The third kappa shape index (κ3) is 4.02. The van der Waals surface area contributed by atoms with Gasteiger partial charge in [-0.15, -0.1) is 11.3 Å². The Morgan fingerprint density at radius 2 is 2.21 bits per heavy atom. The second-order valence-corrected chi connectivity index (χ2v) is 7.60. The maximum absolute atomic E-state index is 12.7. The van der Waals surface area contributed by atoms with Gasteiger partial charge in [0.05, 0.1) is 31.0 Å². The number of hydrogen-bond donors (Lipinski definition) is 1. The number of carbonyl (C=O) groups is 1. The third-order valence-electron chi connectivity index (χ3n) is 4.49. The van der Waals surface area contributed by atoms with Gasteiger partial charge < -0.3 is 14.2 Å². The summed E-state index contributed by atoms with van der Waals surface area (Å²) < 4.78 is 16.3. The Hall–Kier alpha value is -2.77. The van der Waals surface area contributed by atoms with Crippen LogP contribution in [-0.2, 0) is 6.42 Å². The van der Waals surface area contributed by atoms with E-state index in [0.717, 1.165) is 23.4 Å². The number of amides is 1. The zero-order chi connectivity index (χ0) is 20.4. The fourth-order valence-corrected chi connectivity index (χ4v) is 4.09. The number of anilines is 1. The predicted octanol–water partition coefficient (Wildman–Crippen LogP) is 5.06. The number of halogens is 1. The number of carbonyl (C=O) groups excluding carboxylic acids is 1. The molecule has 0 fully saturated rings. The monoisotopic (exact) mass is 430 g/mol. The predicted molar refractivity (Wildman–Crippen MR) is 114 cm³/mol. The minimum absolute atomic E-state index is 0.316. The number of nitrogens with zero attached hydrogens (tertiary/aromatic N) is 1. The topological polar surface area (TPSA) is 69.7 Å². The van der Waals surface area contributed by atoms with Crippen molar-refractivity contribution in [2.45, 2.75) is 13.3 Å². The molecule has 1 N–H and O–H groups in total. The van der Waals surface area contributed by atoms with E-state index in [-0.39, 0.29) is 5.91 Å². The number of hydrogen-bond acceptors (Lipinski definition) is 6. The molecular formula is C21H19ClN2O4S. The zero-order valence-electron chi connectivity index (χ0n) is 16.0. The highest BCUT2D eigenvalue weighted by atomic mass is 35.5. The van der Waals surface area contributed by atoms with Crippen molar-refractivity contribution in [3.63, 3.8) is 0 Å². The lowest BCUT2D eigenvalue weighted by Gasteiger charge is -2.12. The molecule has 0 aliphatic carbocycles. The molecule has 2 aromatic carbocycles. The highest BCUT2D eigenvalue weighted by Crippen LogP contribution is 2.37. The molecule has 6 nitrogen and oxygen atoms in total. The van der Waals surface area contributed by atoms with Gasteiger partial charge in [0.15, 0.2) is 16.6 Å². The fraction of sp³-hybridized carbons (Fsp3) is 0.238. The number of ether oxygens (including phenoxy) is 3. The Kier molecular flexibility index (Phi) is 5.60. The number of fused-ring (bicyclic) bond motifs is 1. The van der Waals surface area contributed by atoms with E-state index in [1.165, 1.54) is 24.0 Å². The Bertz CT molecular complexity index is 1070. The zero-order valence-corrected chi connectivity index (χ0v) is 17.5. The number of aromatic nitrogens is 1. The first-order valence-electron chi connectivity index (χ1n) is 9.12. The van der Waals surface area contributed by atoms with Gasteiger partial charge in [0, 0.05) is 22.9 Å². The minimum atomic E-state index is -0.323. The molecule has 150 valence electrons. The Morgan fingerprint density at radius 3 is 3.00 bits per heavy atom. The molecule has 0 atom stereocenters. The van der Waals surface area contributed by atoms with Crippen LogP contribution in [0.1, 0.15) is 22.8 Å². The Morgan fingerprint density at radius 1 is 1.34 bits per heavy atom. The summed E-state index contributed by atoms with van der Waals surface area (Å²) >= 11 is 7.62. The summed E-state index contributed by atoms with van der Waals surface area (Å²) in [5, 5.41) is 5.56. The van der Waals surface area contributed by atoms with Crippen LogP contribution in [0.2, 0.25) is 5.02 Å². The number of thiazole rings is 1. The summed E-state index contributed by atoms with van der Waals surface area (Å²) in [7, 11) is 1.50. The fourth-order valence-electron chi connectivity index (χ4n) is 3.11. The summed E-state index contributed by atoms with van der Waals surface area (Å²) in [4.78, 5) is 17.2. The van der Waals surface area contributed by atoms with E-state index in [9.17, 15) is 4.79 Å². The number of nitrogens with one attached hydrogen (secondary N) is 1. The van der Waals surface area contributed by atoms with Crippen LogP contribution in [0.15, 0.2) is 35.7 Å². The highest BCUT2D eigenvalue weighted by molar-refractivity contribution is 7.14. The van der Waals surface area contributed by atoms with Crippen LogP contribution in [0.5, 0.6) is 17.2 Å². The van der Waals surface area contributed by atoms with Gasteiger partial charge in [-0.2, -0.15) is 0 Å². The molecule has 3 aromatic rings. The largest absolute Gasteiger partial charge is 0.493 e. The van der Waals surface area contributed by atoms with Gasteiger partial charge in [-0.05, 0) is 42.8 Å². The van der Waals surface area contributed by atoms with Crippen molar-refractivity contribution in [2.75, 3.05) is 25.6 Å². The maximum atomic E-state index is 12.7. The van der Waals surface area contributed by atoms with E-state index in [4.69, 9.17) is 25.8 Å². The van der Waals surface area contributed by atoms with Crippen LogP contribution in [-0.4, -0.2) is 31.2 Å². The summed E-state index contributed by atoms with van der Waals surface area (Å²) in [5.41, 5.74) is 3.35. The number of rotatable bonds is 6. The van der Waals surface area contributed by atoms with Crippen molar-refractivity contribution in [3.8, 4) is 28.5 Å². The van der Waals surface area contributed by atoms with Crippen molar-refractivity contribution in [3.05, 3.63) is 51.9 Å². The summed E-state index contributed by atoms with van der Waals surface area (Å²) in [5.74, 6) is 1.44. The van der Waals surface area contributed by atoms with Gasteiger partial charge in [0.1, 0.15) is 5.75 Å². The van der Waals surface area contributed by atoms with Crippen LogP contribution in [0.3, 0.4) is 0 Å². The molecule has 4 rings (SSSR count). The quantitative estimate of drug-likeness (QED) is 0.592. The molecule has 29 heavy (non-hydrogen) atoms. The smallest absolute Gasteiger partial charge is 0.257 e. The van der Waals surface area contributed by atoms with Gasteiger partial charge in [-0.1, -0.05) is 11.6 Å². The molecule has 0 bridgehead atoms. The van der Waals surface area contributed by atoms with Crippen LogP contribution in [0, 0.1) is 0 Å². The average Bonchev–Trinajstić information content (AvgIpc) is 3.38. The van der Waals surface area contributed by atoms with E-state index in [2.05, 4.69) is 16.4 Å². The van der Waals surface area contributed by atoms with Crippen molar-refractivity contribution < 1.29 is 19.0 Å². The second-order valence-electron chi connectivity index (χ2n) is 6.34. The molecule has 1 aliphatic heterocycles. The SMILES string of the molecule is CCOc1c(Cl)cc(C(=O)Nc2nc(-c3ccc4c(c3)CCO4)cs2)cc1OC. The molecular weight excluding hydrogens is 412 g/mol. The first-order chi connectivity index (χ1) is 14.1. The standard InChI is InChI=1S/C21H19ClN2O4S/c1-3-27-19-15(22)9-14(10-18(19)26-2)20(25)24-21-23-16(11-29-21)12-4-5-17-13(8-12)6-7-28-17/h4-5,8-11H,3,6-7H2,1-2H3,(H,23,24,25). The highest BCUT2D eigenvalue weighted by Gasteiger charge is 2.18. The van der Waals surface area contributed by atoms with Crippen LogP contribution in [0.25, 0.3) is 11.3 Å². The lowest BCUT2D eigenvalue weighted by Crippen LogP contribution is -2.12. The molecule has 1 aliphatic rings. The van der Waals surface area contributed by atoms with Crippen molar-refractivity contribution in [2.24, 2.45) is 0 Å². The lowest BCUT2D eigenvalue weighted by atomic mass is 10.1. The van der Waals surface area contributed by atoms with Crippen molar-refractivity contribution >= 4 is 34.0 Å². The molecule has 1 aromatic heterocycles. The second kappa shape index (κ2) is 8.31. The first kappa shape index (κ1) is 19.5. The van der Waals surface area contributed by atoms with E-state index < -0.39 is 0 Å². The van der Waals surface area contributed by atoms with Crippen molar-refractivity contribution in [1.29, 1.82) is 0 Å². The summed E-state index contributed by atoms with van der Waals surface area (Å²) in [6.07, 6.45) is 0.900. The molecule has 0 saturated carbocycles. The van der Waals surface area contributed by atoms with Gasteiger partial charge in [0.25, 0.3) is 5.91 Å². The van der Waals surface area contributed by atoms with E-state index in [1.807, 2.05) is 24.4 Å². The Balaban J connectivity index is 1.53. The summed E-state index contributed by atoms with van der Waals surface area (Å²) in [6, 6.07) is 9.17. The number of methoxy groups -OCH3 is 1. The lowest BCUT2D eigenvalue weighted by molar-refractivity contribution is 0.102. The minimum Gasteiger partial charge on any atom is -0.493 e. The summed E-state index contributed by atoms with van der Waals surface area (Å²) in [6.45, 7) is 3.01. The van der Waals surface area contributed by atoms with E-state index in [1.54, 1.807) is 12.1 Å². The maximum Gasteiger partial charge on any atom is 0.257 e. The van der Waals surface area contributed by atoms with Gasteiger partial charge in [0.2, 0.25) is 0 Å². The van der Waals surface area contributed by atoms with Crippen molar-refractivity contribution in [1.82, 2.24) is 4.98 Å². The normalized spacial score (nSPS) is 12.2. The third-order valence-corrected chi connectivity index (χ3v) is 5.53. The molecule has 2 heterocycles. The Labute approximate surface area is 177 Å².